The van der Waals surface area contributed by atoms with E-state index in [9.17, 15) is 18.5 Å². The molecule has 0 aliphatic carbocycles. The third kappa shape index (κ3) is 3.86. The highest BCUT2D eigenvalue weighted by atomic mass is 32.2. The van der Waals surface area contributed by atoms with Crippen molar-refractivity contribution in [3.8, 4) is 5.82 Å². The summed E-state index contributed by atoms with van der Waals surface area (Å²) in [7, 11) is -3.82. The van der Waals surface area contributed by atoms with Gasteiger partial charge in [0.1, 0.15) is 23.8 Å². The monoisotopic (exact) mass is 429 g/mol. The Morgan fingerprint density at radius 3 is 2.47 bits per heavy atom. The number of aromatic nitrogens is 4. The lowest BCUT2D eigenvalue weighted by Crippen LogP contribution is -2.49. The average Bonchev–Trinajstić information content (AvgIpc) is 3.28. The number of benzene rings is 1. The van der Waals surface area contributed by atoms with Crippen molar-refractivity contribution < 1.29 is 13.3 Å². The van der Waals surface area contributed by atoms with Crippen LogP contribution in [0.5, 0.6) is 0 Å². The van der Waals surface area contributed by atoms with Crippen LogP contribution in [0.4, 0.5) is 11.5 Å². The van der Waals surface area contributed by atoms with Crippen molar-refractivity contribution in [3.05, 3.63) is 65.0 Å². The highest BCUT2D eigenvalue weighted by molar-refractivity contribution is 7.89. The maximum Gasteiger partial charge on any atom is 0.270 e. The summed E-state index contributed by atoms with van der Waals surface area (Å²) in [5.74, 6) is 1.99. The lowest BCUT2D eigenvalue weighted by Gasteiger charge is -2.34. The molecule has 156 valence electrons. The number of rotatable bonds is 5. The van der Waals surface area contributed by atoms with Gasteiger partial charge in [-0.05, 0) is 13.0 Å². The molecule has 0 atom stereocenters. The van der Waals surface area contributed by atoms with E-state index in [0.29, 0.717) is 30.5 Å². The molecule has 1 saturated heterocycles. The van der Waals surface area contributed by atoms with Crippen molar-refractivity contribution in [2.75, 3.05) is 31.1 Å². The smallest absolute Gasteiger partial charge is 0.270 e. The zero-order valence-corrected chi connectivity index (χ0v) is 16.9. The Labute approximate surface area is 172 Å². The lowest BCUT2D eigenvalue weighted by molar-refractivity contribution is -0.385. The second-order valence-electron chi connectivity index (χ2n) is 6.75. The van der Waals surface area contributed by atoms with Crippen molar-refractivity contribution >= 4 is 21.5 Å². The van der Waals surface area contributed by atoms with Crippen molar-refractivity contribution in [2.24, 2.45) is 0 Å². The average molecular weight is 429 g/mol. The molecule has 11 nitrogen and oxygen atoms in total. The van der Waals surface area contributed by atoms with Gasteiger partial charge in [0.2, 0.25) is 10.0 Å². The van der Waals surface area contributed by atoms with Gasteiger partial charge in [-0.2, -0.15) is 4.31 Å². The van der Waals surface area contributed by atoms with Crippen LogP contribution in [-0.4, -0.2) is 63.3 Å². The second kappa shape index (κ2) is 7.80. The minimum Gasteiger partial charge on any atom is -0.354 e. The number of aryl methyl sites for hydroxylation is 1. The predicted octanol–water partition coefficient (Wildman–Crippen LogP) is 1.39. The van der Waals surface area contributed by atoms with Crippen LogP contribution in [-0.2, 0) is 10.0 Å². The molecule has 0 unspecified atom stereocenters. The first-order valence-corrected chi connectivity index (χ1v) is 10.6. The van der Waals surface area contributed by atoms with Crippen LogP contribution in [0.1, 0.15) is 5.82 Å². The molecule has 1 aliphatic rings. The Bertz CT molecular complexity index is 1170. The second-order valence-corrected chi connectivity index (χ2v) is 8.69. The molecule has 0 N–H and O–H groups in total. The van der Waals surface area contributed by atoms with E-state index in [1.807, 2.05) is 11.0 Å². The largest absolute Gasteiger partial charge is 0.354 e. The van der Waals surface area contributed by atoms with Crippen molar-refractivity contribution in [3.63, 3.8) is 0 Å². The normalized spacial score (nSPS) is 15.3. The molecule has 0 bridgehead atoms. The summed E-state index contributed by atoms with van der Waals surface area (Å²) in [6.45, 7) is 3.16. The molecule has 1 fully saturated rings. The fourth-order valence-electron chi connectivity index (χ4n) is 3.29. The molecule has 0 amide bonds. The van der Waals surface area contributed by atoms with Crippen LogP contribution in [0.25, 0.3) is 5.82 Å². The van der Waals surface area contributed by atoms with E-state index in [-0.39, 0.29) is 23.7 Å². The standard InChI is InChI=1S/C18H19N7O4S/c1-14-20-17(12-18(21-14)23-6-5-19-13-23)22-7-9-24(10-8-22)30(28,29)16-4-2-3-15(11-16)25(26)27/h2-6,11-13H,7-10H2,1H3. The number of sulfonamides is 1. The minimum absolute atomic E-state index is 0.0783. The van der Waals surface area contributed by atoms with Gasteiger partial charge in [-0.3, -0.25) is 14.7 Å². The molecular weight excluding hydrogens is 410 g/mol. The molecule has 3 heterocycles. The Balaban J connectivity index is 1.52. The molecule has 0 spiro atoms. The van der Waals surface area contributed by atoms with Gasteiger partial charge in [-0.25, -0.2) is 23.4 Å². The third-order valence-corrected chi connectivity index (χ3v) is 6.70. The first kappa shape index (κ1) is 19.9. The van der Waals surface area contributed by atoms with E-state index >= 15 is 0 Å². The zero-order chi connectivity index (χ0) is 21.3. The van der Waals surface area contributed by atoms with E-state index in [1.54, 1.807) is 30.2 Å². The molecule has 0 saturated carbocycles. The molecular formula is C18H19N7O4S. The number of hydrogen-bond acceptors (Lipinski definition) is 8. The van der Waals surface area contributed by atoms with E-state index in [0.717, 1.165) is 6.07 Å². The third-order valence-electron chi connectivity index (χ3n) is 4.81. The summed E-state index contributed by atoms with van der Waals surface area (Å²) in [6, 6.07) is 6.95. The van der Waals surface area contributed by atoms with E-state index in [1.165, 1.54) is 22.5 Å². The van der Waals surface area contributed by atoms with Gasteiger partial charge < -0.3 is 4.90 Å². The number of imidazole rings is 1. The summed E-state index contributed by atoms with van der Waals surface area (Å²) in [5, 5.41) is 11.0. The number of nitrogens with zero attached hydrogens (tertiary/aromatic N) is 7. The Hall–Kier alpha value is -3.38. The van der Waals surface area contributed by atoms with E-state index in [2.05, 4.69) is 15.0 Å². The predicted molar refractivity (Wildman–Crippen MR) is 108 cm³/mol. The summed E-state index contributed by atoms with van der Waals surface area (Å²) in [4.78, 5) is 25.2. The molecule has 0 radical (unpaired) electrons. The Morgan fingerprint density at radius 2 is 1.80 bits per heavy atom. The molecule has 3 aromatic rings. The number of piperazine rings is 1. The van der Waals surface area contributed by atoms with E-state index < -0.39 is 14.9 Å². The number of non-ortho nitro benzene ring substituents is 1. The van der Waals surface area contributed by atoms with Crippen molar-refractivity contribution in [1.82, 2.24) is 23.8 Å². The number of nitro benzene ring substituents is 1. The maximum absolute atomic E-state index is 12.9. The van der Waals surface area contributed by atoms with Gasteiger partial charge in [-0.15, -0.1) is 0 Å². The number of hydrogen-bond donors (Lipinski definition) is 0. The quantitative estimate of drug-likeness (QED) is 0.440. The Kier molecular flexibility index (Phi) is 5.18. The summed E-state index contributed by atoms with van der Waals surface area (Å²) in [6.07, 6.45) is 5.10. The van der Waals surface area contributed by atoms with E-state index in [4.69, 9.17) is 0 Å². The summed E-state index contributed by atoms with van der Waals surface area (Å²) in [5.41, 5.74) is -0.252. The summed E-state index contributed by atoms with van der Waals surface area (Å²) < 4.78 is 29.0. The molecule has 1 aliphatic heterocycles. The fraction of sp³-hybridized carbons (Fsp3) is 0.278. The van der Waals surface area contributed by atoms with Crippen LogP contribution in [0, 0.1) is 17.0 Å². The van der Waals surface area contributed by atoms with Crippen LogP contribution in [0.3, 0.4) is 0 Å². The van der Waals surface area contributed by atoms with Gasteiger partial charge in [0.15, 0.2) is 0 Å². The fourth-order valence-corrected chi connectivity index (χ4v) is 4.75. The highest BCUT2D eigenvalue weighted by Crippen LogP contribution is 2.24. The number of nitro groups is 1. The first-order chi connectivity index (χ1) is 14.3. The van der Waals surface area contributed by atoms with Crippen molar-refractivity contribution in [2.45, 2.75) is 11.8 Å². The first-order valence-electron chi connectivity index (χ1n) is 9.18. The van der Waals surface area contributed by atoms with Gasteiger partial charge in [-0.1, -0.05) is 6.07 Å². The van der Waals surface area contributed by atoms with Crippen molar-refractivity contribution in [1.29, 1.82) is 0 Å². The molecule has 4 rings (SSSR count). The van der Waals surface area contributed by atoms with Crippen LogP contribution < -0.4 is 4.90 Å². The molecule has 30 heavy (non-hydrogen) atoms. The van der Waals surface area contributed by atoms with Crippen LogP contribution in [0.2, 0.25) is 0 Å². The van der Waals surface area contributed by atoms with Gasteiger partial charge in [0, 0.05) is 56.8 Å². The van der Waals surface area contributed by atoms with Gasteiger partial charge >= 0.3 is 0 Å². The maximum atomic E-state index is 12.9. The molecule has 2 aromatic heterocycles. The van der Waals surface area contributed by atoms with Crippen LogP contribution in [0.15, 0.2) is 53.9 Å². The van der Waals surface area contributed by atoms with Gasteiger partial charge in [0.25, 0.3) is 5.69 Å². The lowest BCUT2D eigenvalue weighted by atomic mass is 10.3. The van der Waals surface area contributed by atoms with Gasteiger partial charge in [0.05, 0.1) is 9.82 Å². The molecule has 12 heteroatoms. The topological polar surface area (TPSA) is 127 Å². The zero-order valence-electron chi connectivity index (χ0n) is 16.1. The SMILES string of the molecule is Cc1nc(N2CCN(S(=O)(=O)c3cccc([N+](=O)[O-])c3)CC2)cc(-n2ccnc2)n1. The Morgan fingerprint density at radius 1 is 1.07 bits per heavy atom. The molecule has 1 aromatic carbocycles. The number of anilines is 1. The minimum atomic E-state index is -3.82. The van der Waals surface area contributed by atoms with Crippen LogP contribution >= 0.6 is 0 Å². The highest BCUT2D eigenvalue weighted by Gasteiger charge is 2.30. The summed E-state index contributed by atoms with van der Waals surface area (Å²) >= 11 is 0.